The van der Waals surface area contributed by atoms with Crippen LogP contribution >= 0.6 is 11.6 Å². The Morgan fingerprint density at radius 1 is 1.11 bits per heavy atom. The second-order valence-electron chi connectivity index (χ2n) is 5.22. The molecular formula is C17H17Cl. The summed E-state index contributed by atoms with van der Waals surface area (Å²) >= 11 is 6.58. The summed E-state index contributed by atoms with van der Waals surface area (Å²) in [5.41, 5.74) is 5.56. The average molecular weight is 257 g/mol. The highest BCUT2D eigenvalue weighted by molar-refractivity contribution is 6.21. The number of fused-ring (bicyclic) bond motifs is 1. The zero-order chi connectivity index (χ0) is 12.5. The van der Waals surface area contributed by atoms with E-state index in [0.717, 1.165) is 12.8 Å². The second-order valence-corrected chi connectivity index (χ2v) is 5.78. The first-order chi connectivity index (χ1) is 8.74. The minimum absolute atomic E-state index is 0.211. The van der Waals surface area contributed by atoms with E-state index in [9.17, 15) is 0 Å². The van der Waals surface area contributed by atoms with Crippen molar-refractivity contribution in [2.45, 2.75) is 31.1 Å². The Labute approximate surface area is 114 Å². The van der Waals surface area contributed by atoms with Gasteiger partial charge < -0.3 is 0 Å². The molecule has 0 amide bonds. The molecule has 1 heteroatoms. The van der Waals surface area contributed by atoms with Crippen molar-refractivity contribution in [3.63, 3.8) is 0 Å². The third kappa shape index (κ3) is 2.18. The number of benzene rings is 2. The molecule has 0 saturated carbocycles. The van der Waals surface area contributed by atoms with Gasteiger partial charge in [0.25, 0.3) is 0 Å². The molecule has 0 spiro atoms. The predicted octanol–water partition coefficient (Wildman–Crippen LogP) is 4.48. The van der Waals surface area contributed by atoms with Crippen molar-refractivity contribution in [2.24, 2.45) is 0 Å². The summed E-state index contributed by atoms with van der Waals surface area (Å²) in [6.07, 6.45) is 2.09. The molecule has 2 aromatic carbocycles. The van der Waals surface area contributed by atoms with Gasteiger partial charge in [-0.3, -0.25) is 0 Å². The summed E-state index contributed by atoms with van der Waals surface area (Å²) in [7, 11) is 0. The van der Waals surface area contributed by atoms with E-state index < -0.39 is 0 Å². The molecule has 2 aromatic rings. The fourth-order valence-electron chi connectivity index (χ4n) is 2.71. The Kier molecular flexibility index (Phi) is 3.13. The van der Waals surface area contributed by atoms with Crippen LogP contribution in [0, 0.1) is 6.92 Å². The molecule has 18 heavy (non-hydrogen) atoms. The van der Waals surface area contributed by atoms with Gasteiger partial charge in [-0.25, -0.2) is 0 Å². The zero-order valence-corrected chi connectivity index (χ0v) is 11.3. The van der Waals surface area contributed by atoms with Gasteiger partial charge in [0, 0.05) is 11.3 Å². The molecule has 1 aliphatic carbocycles. The van der Waals surface area contributed by atoms with Crippen molar-refractivity contribution in [2.75, 3.05) is 0 Å². The monoisotopic (exact) mass is 256 g/mol. The summed E-state index contributed by atoms with van der Waals surface area (Å²) in [6.45, 7) is 2.12. The quantitative estimate of drug-likeness (QED) is 0.710. The second kappa shape index (κ2) is 4.78. The van der Waals surface area contributed by atoms with E-state index in [1.54, 1.807) is 0 Å². The SMILES string of the molecule is Cc1ccc(CC(Cl)C2Cc3ccccc32)cc1. The normalized spacial score (nSPS) is 18.9. The van der Waals surface area contributed by atoms with Crippen LogP contribution in [0.4, 0.5) is 0 Å². The zero-order valence-electron chi connectivity index (χ0n) is 10.6. The van der Waals surface area contributed by atoms with Crippen LogP contribution in [0.1, 0.15) is 28.2 Å². The molecule has 0 aliphatic heterocycles. The number of alkyl halides is 1. The van der Waals surface area contributed by atoms with Crippen LogP contribution in [0.3, 0.4) is 0 Å². The maximum atomic E-state index is 6.58. The molecule has 0 aromatic heterocycles. The molecular weight excluding hydrogens is 240 g/mol. The summed E-state index contributed by atoms with van der Waals surface area (Å²) in [5.74, 6) is 0.532. The van der Waals surface area contributed by atoms with Gasteiger partial charge in [-0.2, -0.15) is 0 Å². The van der Waals surface area contributed by atoms with Gasteiger partial charge in [0.15, 0.2) is 0 Å². The first kappa shape index (κ1) is 11.8. The molecule has 0 N–H and O–H groups in total. The van der Waals surface area contributed by atoms with Crippen LogP contribution in [-0.2, 0) is 12.8 Å². The Balaban J connectivity index is 1.70. The Hall–Kier alpha value is -1.27. The minimum atomic E-state index is 0.211. The van der Waals surface area contributed by atoms with Gasteiger partial charge in [0.05, 0.1) is 0 Å². The van der Waals surface area contributed by atoms with Crippen LogP contribution in [0.25, 0.3) is 0 Å². The Bertz CT molecular complexity index is 542. The van der Waals surface area contributed by atoms with Crippen molar-refractivity contribution in [3.8, 4) is 0 Å². The Morgan fingerprint density at radius 3 is 2.56 bits per heavy atom. The van der Waals surface area contributed by atoms with E-state index in [1.807, 2.05) is 0 Å². The summed E-state index contributed by atoms with van der Waals surface area (Å²) < 4.78 is 0. The molecule has 0 saturated heterocycles. The summed E-state index contributed by atoms with van der Waals surface area (Å²) in [6, 6.07) is 17.3. The van der Waals surface area contributed by atoms with E-state index in [2.05, 4.69) is 55.5 Å². The first-order valence-corrected chi connectivity index (χ1v) is 6.95. The van der Waals surface area contributed by atoms with Gasteiger partial charge in [-0.05, 0) is 36.5 Å². The maximum Gasteiger partial charge on any atom is 0.0448 e. The van der Waals surface area contributed by atoms with Crippen molar-refractivity contribution < 1.29 is 0 Å². The van der Waals surface area contributed by atoms with Crippen LogP contribution in [0.5, 0.6) is 0 Å². The van der Waals surface area contributed by atoms with E-state index >= 15 is 0 Å². The number of hydrogen-bond acceptors (Lipinski definition) is 0. The largest absolute Gasteiger partial charge is 0.122 e. The Morgan fingerprint density at radius 2 is 1.83 bits per heavy atom. The van der Waals surface area contributed by atoms with Crippen molar-refractivity contribution in [1.82, 2.24) is 0 Å². The third-order valence-electron chi connectivity index (χ3n) is 3.88. The standard InChI is InChI=1S/C17H17Cl/c1-12-6-8-13(9-7-12)10-17(18)16-11-14-4-2-3-5-15(14)16/h2-9,16-17H,10-11H2,1H3. The number of hydrogen-bond donors (Lipinski definition) is 0. The van der Waals surface area contributed by atoms with Crippen LogP contribution < -0.4 is 0 Å². The van der Waals surface area contributed by atoms with E-state index in [1.165, 1.54) is 22.3 Å². The van der Waals surface area contributed by atoms with Crippen molar-refractivity contribution in [1.29, 1.82) is 0 Å². The fraction of sp³-hybridized carbons (Fsp3) is 0.294. The molecule has 2 unspecified atom stereocenters. The van der Waals surface area contributed by atoms with Crippen LogP contribution in [-0.4, -0.2) is 5.38 Å². The molecule has 0 heterocycles. The summed E-state index contributed by atoms with van der Waals surface area (Å²) in [4.78, 5) is 0. The van der Waals surface area contributed by atoms with E-state index in [4.69, 9.17) is 11.6 Å². The molecule has 0 bridgehead atoms. The minimum Gasteiger partial charge on any atom is -0.122 e. The lowest BCUT2D eigenvalue weighted by Crippen LogP contribution is -2.26. The van der Waals surface area contributed by atoms with Crippen LogP contribution in [0.15, 0.2) is 48.5 Å². The van der Waals surface area contributed by atoms with Gasteiger partial charge in [0.2, 0.25) is 0 Å². The first-order valence-electron chi connectivity index (χ1n) is 6.51. The van der Waals surface area contributed by atoms with Crippen molar-refractivity contribution in [3.05, 3.63) is 70.8 Å². The van der Waals surface area contributed by atoms with Crippen molar-refractivity contribution >= 4 is 11.6 Å². The number of halogens is 1. The van der Waals surface area contributed by atoms with E-state index in [0.29, 0.717) is 5.92 Å². The summed E-state index contributed by atoms with van der Waals surface area (Å²) in [5, 5.41) is 0.211. The fourth-order valence-corrected chi connectivity index (χ4v) is 3.11. The number of rotatable bonds is 3. The lowest BCUT2D eigenvalue weighted by molar-refractivity contribution is 0.567. The third-order valence-corrected chi connectivity index (χ3v) is 4.34. The maximum absolute atomic E-state index is 6.58. The van der Waals surface area contributed by atoms with Gasteiger partial charge >= 0.3 is 0 Å². The highest BCUT2D eigenvalue weighted by atomic mass is 35.5. The van der Waals surface area contributed by atoms with Gasteiger partial charge in [-0.15, -0.1) is 11.6 Å². The number of aryl methyl sites for hydroxylation is 1. The van der Waals surface area contributed by atoms with Gasteiger partial charge in [-0.1, -0.05) is 54.1 Å². The average Bonchev–Trinajstić information content (AvgIpc) is 2.34. The molecule has 92 valence electrons. The highest BCUT2D eigenvalue weighted by Crippen LogP contribution is 2.40. The lowest BCUT2D eigenvalue weighted by Gasteiger charge is -2.33. The molecule has 1 aliphatic rings. The highest BCUT2D eigenvalue weighted by Gasteiger charge is 2.31. The molecule has 0 nitrogen and oxygen atoms in total. The van der Waals surface area contributed by atoms with Crippen LogP contribution in [0.2, 0.25) is 0 Å². The lowest BCUT2D eigenvalue weighted by atomic mass is 9.74. The predicted molar refractivity (Wildman–Crippen MR) is 77.4 cm³/mol. The molecule has 0 fully saturated rings. The van der Waals surface area contributed by atoms with Gasteiger partial charge in [0.1, 0.15) is 0 Å². The van der Waals surface area contributed by atoms with E-state index in [-0.39, 0.29) is 5.38 Å². The molecule has 0 radical (unpaired) electrons. The molecule has 3 rings (SSSR count). The topological polar surface area (TPSA) is 0 Å². The molecule has 2 atom stereocenters. The smallest absolute Gasteiger partial charge is 0.0448 e.